The van der Waals surface area contributed by atoms with Crippen molar-refractivity contribution in [2.45, 2.75) is 51.0 Å². The van der Waals surface area contributed by atoms with Gasteiger partial charge in [0.25, 0.3) is 0 Å². The van der Waals surface area contributed by atoms with E-state index in [4.69, 9.17) is 0 Å². The van der Waals surface area contributed by atoms with Crippen molar-refractivity contribution >= 4 is 0 Å². The van der Waals surface area contributed by atoms with Gasteiger partial charge in [0, 0.05) is 6.04 Å². The summed E-state index contributed by atoms with van der Waals surface area (Å²) in [6, 6.07) is 0.902. The molecule has 0 heterocycles. The maximum atomic E-state index is 2.45. The summed E-state index contributed by atoms with van der Waals surface area (Å²) in [4.78, 5) is 2.45. The average Bonchev–Trinajstić information content (AvgIpc) is 2.90. The Kier molecular flexibility index (Phi) is 2.92. The van der Waals surface area contributed by atoms with Crippen LogP contribution in [0, 0.1) is 11.8 Å². The van der Waals surface area contributed by atoms with Crippen LogP contribution in [0.5, 0.6) is 0 Å². The van der Waals surface area contributed by atoms with Crippen LogP contribution in [0.2, 0.25) is 0 Å². The minimum Gasteiger partial charge on any atom is -0.306 e. The standard InChI is InChI=1S/C12H23N/c1-13(2)12(11-8-9-11)5-3-4-10-6-7-10/h10-12H,3-9H2,1-2H3. The molecule has 2 aliphatic rings. The van der Waals surface area contributed by atoms with Crippen LogP contribution >= 0.6 is 0 Å². The summed E-state index contributed by atoms with van der Waals surface area (Å²) in [5, 5.41) is 0. The lowest BCUT2D eigenvalue weighted by Gasteiger charge is -2.24. The van der Waals surface area contributed by atoms with E-state index in [-0.39, 0.29) is 0 Å². The van der Waals surface area contributed by atoms with Crippen LogP contribution in [0.3, 0.4) is 0 Å². The van der Waals surface area contributed by atoms with Crippen molar-refractivity contribution in [3.8, 4) is 0 Å². The van der Waals surface area contributed by atoms with Crippen LogP contribution in [-0.2, 0) is 0 Å². The zero-order valence-electron chi connectivity index (χ0n) is 9.13. The summed E-state index contributed by atoms with van der Waals surface area (Å²) >= 11 is 0. The van der Waals surface area contributed by atoms with Crippen molar-refractivity contribution in [3.63, 3.8) is 0 Å². The fraction of sp³-hybridized carbons (Fsp3) is 1.00. The Morgan fingerprint density at radius 3 is 2.31 bits per heavy atom. The van der Waals surface area contributed by atoms with E-state index in [2.05, 4.69) is 19.0 Å². The topological polar surface area (TPSA) is 3.24 Å². The molecule has 2 saturated carbocycles. The van der Waals surface area contributed by atoms with Crippen LogP contribution in [0.25, 0.3) is 0 Å². The minimum absolute atomic E-state index is 0.902. The van der Waals surface area contributed by atoms with E-state index < -0.39 is 0 Å². The lowest BCUT2D eigenvalue weighted by Crippen LogP contribution is -2.29. The monoisotopic (exact) mass is 181 g/mol. The maximum absolute atomic E-state index is 2.45. The van der Waals surface area contributed by atoms with Crippen molar-refractivity contribution in [1.29, 1.82) is 0 Å². The van der Waals surface area contributed by atoms with E-state index in [1.165, 1.54) is 44.9 Å². The predicted molar refractivity (Wildman–Crippen MR) is 56.8 cm³/mol. The molecule has 76 valence electrons. The molecule has 0 amide bonds. The third-order valence-electron chi connectivity index (χ3n) is 3.64. The molecule has 2 fully saturated rings. The van der Waals surface area contributed by atoms with E-state index in [0.29, 0.717) is 0 Å². The lowest BCUT2D eigenvalue weighted by molar-refractivity contribution is 0.243. The third-order valence-corrected chi connectivity index (χ3v) is 3.64. The molecule has 13 heavy (non-hydrogen) atoms. The summed E-state index contributed by atoms with van der Waals surface area (Å²) in [6.45, 7) is 0. The zero-order chi connectivity index (χ0) is 9.26. The molecular formula is C12H23N. The first-order valence-electron chi connectivity index (χ1n) is 5.94. The number of hydrogen-bond donors (Lipinski definition) is 0. The lowest BCUT2D eigenvalue weighted by atomic mass is 10.0. The smallest absolute Gasteiger partial charge is 0.0117 e. The highest BCUT2D eigenvalue weighted by molar-refractivity contribution is 4.86. The summed E-state index contributed by atoms with van der Waals surface area (Å²) in [5.74, 6) is 2.18. The van der Waals surface area contributed by atoms with Gasteiger partial charge in [-0.2, -0.15) is 0 Å². The Morgan fingerprint density at radius 1 is 1.15 bits per heavy atom. The number of hydrogen-bond acceptors (Lipinski definition) is 1. The van der Waals surface area contributed by atoms with Crippen LogP contribution in [-0.4, -0.2) is 25.0 Å². The van der Waals surface area contributed by atoms with E-state index in [1.807, 2.05) is 0 Å². The average molecular weight is 181 g/mol. The fourth-order valence-electron chi connectivity index (χ4n) is 2.42. The Hall–Kier alpha value is -0.0400. The molecule has 0 radical (unpaired) electrons. The van der Waals surface area contributed by atoms with Gasteiger partial charge in [0.15, 0.2) is 0 Å². The van der Waals surface area contributed by atoms with Gasteiger partial charge in [0.1, 0.15) is 0 Å². The molecule has 0 aromatic heterocycles. The van der Waals surface area contributed by atoms with Gasteiger partial charge >= 0.3 is 0 Å². The third kappa shape index (κ3) is 2.98. The Balaban J connectivity index is 1.63. The van der Waals surface area contributed by atoms with Gasteiger partial charge in [0.2, 0.25) is 0 Å². The summed E-state index contributed by atoms with van der Waals surface area (Å²) < 4.78 is 0. The van der Waals surface area contributed by atoms with E-state index >= 15 is 0 Å². The first-order chi connectivity index (χ1) is 6.27. The zero-order valence-corrected chi connectivity index (χ0v) is 9.13. The molecular weight excluding hydrogens is 158 g/mol. The molecule has 0 saturated heterocycles. The second kappa shape index (κ2) is 4.00. The maximum Gasteiger partial charge on any atom is 0.0117 e. The highest BCUT2D eigenvalue weighted by Gasteiger charge is 2.32. The summed E-state index contributed by atoms with van der Waals surface area (Å²) in [6.07, 6.45) is 10.5. The largest absolute Gasteiger partial charge is 0.306 e. The second-order valence-electron chi connectivity index (χ2n) is 5.24. The van der Waals surface area contributed by atoms with Crippen molar-refractivity contribution in [2.75, 3.05) is 14.1 Å². The quantitative estimate of drug-likeness (QED) is 0.609. The highest BCUT2D eigenvalue weighted by Crippen LogP contribution is 2.39. The molecule has 0 N–H and O–H groups in total. The number of rotatable bonds is 6. The molecule has 2 aliphatic carbocycles. The molecule has 0 aromatic carbocycles. The van der Waals surface area contributed by atoms with E-state index in [9.17, 15) is 0 Å². The van der Waals surface area contributed by atoms with Crippen molar-refractivity contribution < 1.29 is 0 Å². The van der Waals surface area contributed by atoms with Gasteiger partial charge in [-0.3, -0.25) is 0 Å². The molecule has 0 bridgehead atoms. The van der Waals surface area contributed by atoms with E-state index in [0.717, 1.165) is 17.9 Å². The SMILES string of the molecule is CN(C)C(CCCC1CC1)C1CC1. The molecule has 0 aliphatic heterocycles. The summed E-state index contributed by atoms with van der Waals surface area (Å²) in [5.41, 5.74) is 0. The first kappa shape index (κ1) is 9.51. The molecule has 1 nitrogen and oxygen atoms in total. The predicted octanol–water partition coefficient (Wildman–Crippen LogP) is 2.91. The molecule has 0 spiro atoms. The van der Waals surface area contributed by atoms with Crippen molar-refractivity contribution in [1.82, 2.24) is 4.90 Å². The molecule has 0 aromatic rings. The Bertz CT molecular complexity index is 155. The summed E-state index contributed by atoms with van der Waals surface area (Å²) in [7, 11) is 4.50. The van der Waals surface area contributed by atoms with E-state index in [1.54, 1.807) is 0 Å². The van der Waals surface area contributed by atoms with Crippen LogP contribution < -0.4 is 0 Å². The fourth-order valence-corrected chi connectivity index (χ4v) is 2.42. The van der Waals surface area contributed by atoms with Crippen LogP contribution in [0.1, 0.15) is 44.9 Å². The highest BCUT2D eigenvalue weighted by atomic mass is 15.1. The Morgan fingerprint density at radius 2 is 1.85 bits per heavy atom. The Labute approximate surface area is 82.5 Å². The molecule has 1 unspecified atom stereocenters. The molecule has 2 rings (SSSR count). The van der Waals surface area contributed by atoms with Crippen molar-refractivity contribution in [3.05, 3.63) is 0 Å². The van der Waals surface area contributed by atoms with Gasteiger partial charge in [-0.25, -0.2) is 0 Å². The van der Waals surface area contributed by atoms with Gasteiger partial charge in [0.05, 0.1) is 0 Å². The second-order valence-corrected chi connectivity index (χ2v) is 5.24. The van der Waals surface area contributed by atoms with Gasteiger partial charge in [-0.1, -0.05) is 25.7 Å². The number of nitrogens with zero attached hydrogens (tertiary/aromatic N) is 1. The minimum atomic E-state index is 0.902. The molecule has 1 heteroatoms. The normalized spacial score (nSPS) is 25.2. The first-order valence-corrected chi connectivity index (χ1v) is 5.94. The van der Waals surface area contributed by atoms with Gasteiger partial charge < -0.3 is 4.90 Å². The van der Waals surface area contributed by atoms with Gasteiger partial charge in [-0.05, 0) is 45.2 Å². The van der Waals surface area contributed by atoms with Crippen molar-refractivity contribution in [2.24, 2.45) is 11.8 Å². The van der Waals surface area contributed by atoms with Gasteiger partial charge in [-0.15, -0.1) is 0 Å². The molecule has 1 atom stereocenters. The van der Waals surface area contributed by atoms with Crippen LogP contribution in [0.15, 0.2) is 0 Å². The van der Waals surface area contributed by atoms with Crippen LogP contribution in [0.4, 0.5) is 0 Å².